The first-order chi connectivity index (χ1) is 12.0. The van der Waals surface area contributed by atoms with Crippen LogP contribution in [0.2, 0.25) is 0 Å². The summed E-state index contributed by atoms with van der Waals surface area (Å²) in [6, 6.07) is 0.350. The third-order valence-electron chi connectivity index (χ3n) is 5.75. The van der Waals surface area contributed by atoms with Gasteiger partial charge < -0.3 is 15.2 Å². The summed E-state index contributed by atoms with van der Waals surface area (Å²) < 4.78 is 5.28. The molecule has 2 aliphatic rings. The summed E-state index contributed by atoms with van der Waals surface area (Å²) in [6.45, 7) is 6.99. The molecule has 2 fully saturated rings. The number of aromatic nitrogens is 2. The molecule has 1 aromatic rings. The van der Waals surface area contributed by atoms with Gasteiger partial charge in [0.2, 0.25) is 11.8 Å². The molecule has 1 saturated carbocycles. The molecule has 0 spiro atoms. The lowest BCUT2D eigenvalue weighted by atomic mass is 9.95. The van der Waals surface area contributed by atoms with Crippen LogP contribution in [0.1, 0.15) is 57.2 Å². The predicted octanol–water partition coefficient (Wildman–Crippen LogP) is 2.44. The molecular weight excluding hydrogens is 389 g/mol. The van der Waals surface area contributed by atoms with E-state index in [9.17, 15) is 4.79 Å². The highest BCUT2D eigenvalue weighted by Gasteiger charge is 2.38. The molecule has 3 atom stereocenters. The van der Waals surface area contributed by atoms with Gasteiger partial charge in [0.05, 0.1) is 6.54 Å². The van der Waals surface area contributed by atoms with Gasteiger partial charge in [-0.1, -0.05) is 25.4 Å². The van der Waals surface area contributed by atoms with Crippen molar-refractivity contribution in [3.63, 3.8) is 0 Å². The average Bonchev–Trinajstić information content (AvgIpc) is 3.33. The van der Waals surface area contributed by atoms with Crippen LogP contribution in [0.25, 0.3) is 0 Å². The first-order valence-corrected chi connectivity index (χ1v) is 9.51. The Bertz CT molecular complexity index is 598. The maximum atomic E-state index is 12.8. The first kappa shape index (κ1) is 24.1. The van der Waals surface area contributed by atoms with Crippen LogP contribution in [0.15, 0.2) is 4.52 Å². The minimum atomic E-state index is 0. The number of halogens is 2. The zero-order chi connectivity index (χ0) is 18.0. The molecule has 27 heavy (non-hydrogen) atoms. The van der Waals surface area contributed by atoms with E-state index in [0.717, 1.165) is 44.6 Å². The Morgan fingerprint density at radius 2 is 2.07 bits per heavy atom. The van der Waals surface area contributed by atoms with Gasteiger partial charge in [-0.25, -0.2) is 0 Å². The van der Waals surface area contributed by atoms with Crippen molar-refractivity contribution < 1.29 is 9.32 Å². The number of carbonyl (C=O) groups excluding carboxylic acids is 1. The number of likely N-dealkylation sites (N-methyl/N-ethyl adjacent to an activating group) is 1. The lowest BCUT2D eigenvalue weighted by molar-refractivity contribution is -0.135. The van der Waals surface area contributed by atoms with Crippen molar-refractivity contribution in [1.29, 1.82) is 0 Å². The zero-order valence-electron chi connectivity index (χ0n) is 16.5. The van der Waals surface area contributed by atoms with E-state index in [1.807, 2.05) is 18.7 Å². The second-order valence-corrected chi connectivity index (χ2v) is 7.88. The van der Waals surface area contributed by atoms with E-state index in [1.54, 1.807) is 0 Å². The molecular formula is C18H33Cl2N5O2. The molecule has 1 amide bonds. The van der Waals surface area contributed by atoms with Gasteiger partial charge >= 0.3 is 0 Å². The van der Waals surface area contributed by atoms with Crippen LogP contribution in [0.5, 0.6) is 0 Å². The fourth-order valence-corrected chi connectivity index (χ4v) is 4.10. The number of nitrogens with zero attached hydrogens (tertiary/aromatic N) is 4. The average molecular weight is 422 g/mol. The Morgan fingerprint density at radius 3 is 2.70 bits per heavy atom. The molecule has 0 radical (unpaired) electrons. The number of carbonyl (C=O) groups is 1. The number of likely N-dealkylation sites (tertiary alicyclic amines) is 1. The van der Waals surface area contributed by atoms with Crippen LogP contribution >= 0.6 is 24.8 Å². The highest BCUT2D eigenvalue weighted by molar-refractivity contribution is 5.85. The van der Waals surface area contributed by atoms with E-state index < -0.39 is 0 Å². The van der Waals surface area contributed by atoms with Crippen molar-refractivity contribution in [1.82, 2.24) is 19.9 Å². The molecule has 3 rings (SSSR count). The van der Waals surface area contributed by atoms with E-state index in [1.165, 1.54) is 0 Å². The molecule has 0 aromatic carbocycles. The van der Waals surface area contributed by atoms with E-state index >= 15 is 0 Å². The summed E-state index contributed by atoms with van der Waals surface area (Å²) in [5.41, 5.74) is 5.84. The number of amides is 1. The summed E-state index contributed by atoms with van der Waals surface area (Å²) >= 11 is 0. The molecule has 1 aliphatic carbocycles. The first-order valence-electron chi connectivity index (χ1n) is 9.51. The number of rotatable bonds is 6. The minimum Gasteiger partial charge on any atom is -0.341 e. The molecule has 7 nitrogen and oxygen atoms in total. The van der Waals surface area contributed by atoms with Crippen molar-refractivity contribution in [2.24, 2.45) is 17.6 Å². The van der Waals surface area contributed by atoms with E-state index in [4.69, 9.17) is 10.3 Å². The number of hydrogen-bond acceptors (Lipinski definition) is 6. The smallest absolute Gasteiger partial charge is 0.229 e. The van der Waals surface area contributed by atoms with Gasteiger partial charge in [0.25, 0.3) is 0 Å². The molecule has 2 heterocycles. The molecule has 0 bridgehead atoms. The highest BCUT2D eigenvalue weighted by Crippen LogP contribution is 2.33. The maximum Gasteiger partial charge on any atom is 0.229 e. The van der Waals surface area contributed by atoms with Crippen LogP contribution in [0, 0.1) is 11.8 Å². The van der Waals surface area contributed by atoms with Gasteiger partial charge in [-0.05, 0) is 38.8 Å². The van der Waals surface area contributed by atoms with Crippen LogP contribution in [-0.2, 0) is 11.3 Å². The lowest BCUT2D eigenvalue weighted by Crippen LogP contribution is -2.40. The molecule has 1 aromatic heterocycles. The van der Waals surface area contributed by atoms with Crippen molar-refractivity contribution >= 4 is 30.7 Å². The van der Waals surface area contributed by atoms with Crippen molar-refractivity contribution in [2.45, 2.75) is 58.0 Å². The molecule has 156 valence electrons. The molecule has 1 unspecified atom stereocenters. The Balaban J connectivity index is 0.00000182. The topological polar surface area (TPSA) is 88.5 Å². The molecule has 9 heteroatoms. The van der Waals surface area contributed by atoms with E-state index in [0.29, 0.717) is 36.8 Å². The number of hydrogen-bond donors (Lipinski definition) is 1. The minimum absolute atomic E-state index is 0. The Labute approximate surface area is 174 Å². The summed E-state index contributed by atoms with van der Waals surface area (Å²) in [6.07, 6.45) is 4.22. The standard InChI is InChI=1S/C18H31N5O2.2ClH/c1-12(2)17-20-16(21-25-17)11-22(3)14-7-8-23(10-14)18(24)15-6-4-5-13(15)9-19;;/h12-15H,4-11,19H2,1-3H3;2*1H/t13-,14?,15-;;/m1../s1. The third kappa shape index (κ3) is 5.56. The summed E-state index contributed by atoms with van der Waals surface area (Å²) in [5.74, 6) is 2.46. The second-order valence-electron chi connectivity index (χ2n) is 7.88. The van der Waals surface area contributed by atoms with Crippen molar-refractivity contribution in [3.8, 4) is 0 Å². The van der Waals surface area contributed by atoms with Crippen LogP contribution in [-0.4, -0.2) is 58.6 Å². The summed E-state index contributed by atoms with van der Waals surface area (Å²) in [5, 5.41) is 4.06. The van der Waals surface area contributed by atoms with E-state index in [2.05, 4.69) is 22.1 Å². The quantitative estimate of drug-likeness (QED) is 0.758. The Morgan fingerprint density at radius 1 is 1.33 bits per heavy atom. The van der Waals surface area contributed by atoms with Crippen molar-refractivity contribution in [2.75, 3.05) is 26.7 Å². The lowest BCUT2D eigenvalue weighted by Gasteiger charge is -2.26. The Kier molecular flexibility index (Phi) is 9.48. The molecule has 2 N–H and O–H groups in total. The SMILES string of the molecule is CC(C)c1nc(CN(C)C2CCN(C(=O)[C@@H]3CCC[C@@H]3CN)C2)no1.Cl.Cl. The van der Waals surface area contributed by atoms with Gasteiger partial charge in [-0.15, -0.1) is 24.8 Å². The van der Waals surface area contributed by atoms with Crippen LogP contribution < -0.4 is 5.73 Å². The monoisotopic (exact) mass is 421 g/mol. The van der Waals surface area contributed by atoms with Gasteiger partial charge in [-0.3, -0.25) is 9.69 Å². The fraction of sp³-hybridized carbons (Fsp3) is 0.833. The van der Waals surface area contributed by atoms with Gasteiger partial charge in [0.15, 0.2) is 5.82 Å². The predicted molar refractivity (Wildman–Crippen MR) is 109 cm³/mol. The highest BCUT2D eigenvalue weighted by atomic mass is 35.5. The Hall–Kier alpha value is -0.890. The molecule has 1 aliphatic heterocycles. The number of nitrogens with two attached hydrogens (primary N) is 1. The van der Waals surface area contributed by atoms with Gasteiger partial charge in [-0.2, -0.15) is 4.98 Å². The normalized spacial score (nSPS) is 25.0. The van der Waals surface area contributed by atoms with Crippen molar-refractivity contribution in [3.05, 3.63) is 11.7 Å². The maximum absolute atomic E-state index is 12.8. The second kappa shape index (κ2) is 10.6. The van der Waals surface area contributed by atoms with Crippen LogP contribution in [0.3, 0.4) is 0 Å². The summed E-state index contributed by atoms with van der Waals surface area (Å²) in [7, 11) is 2.07. The largest absolute Gasteiger partial charge is 0.341 e. The summed E-state index contributed by atoms with van der Waals surface area (Å²) in [4.78, 5) is 21.5. The van der Waals surface area contributed by atoms with Crippen LogP contribution in [0.4, 0.5) is 0 Å². The zero-order valence-corrected chi connectivity index (χ0v) is 18.1. The fourth-order valence-electron chi connectivity index (χ4n) is 4.10. The molecule has 1 saturated heterocycles. The van der Waals surface area contributed by atoms with E-state index in [-0.39, 0.29) is 36.6 Å². The van der Waals surface area contributed by atoms with Gasteiger partial charge in [0, 0.05) is 31.0 Å². The third-order valence-corrected chi connectivity index (χ3v) is 5.75. The van der Waals surface area contributed by atoms with Gasteiger partial charge in [0.1, 0.15) is 0 Å².